The molecule has 0 unspecified atom stereocenters. The predicted molar refractivity (Wildman–Crippen MR) is 71.1 cm³/mol. The largest absolute Gasteiger partial charge is 0.368 e. The molecular weight excluding hydrogens is 212 g/mol. The minimum Gasteiger partial charge on any atom is -0.368 e. The monoisotopic (exact) mass is 240 g/mol. The molecule has 0 radical (unpaired) electrons. The number of rotatable bonds is 5. The van der Waals surface area contributed by atoms with Crippen LogP contribution in [-0.2, 0) is 9.53 Å². The Morgan fingerprint density at radius 2 is 1.76 bits per heavy atom. The highest BCUT2D eigenvalue weighted by Crippen LogP contribution is 2.35. The van der Waals surface area contributed by atoms with Crippen LogP contribution in [0.5, 0.6) is 0 Å². The lowest BCUT2D eigenvalue weighted by atomic mass is 9.78. The average Bonchev–Trinajstić information content (AvgIpc) is 2.26. The Morgan fingerprint density at radius 1 is 1.18 bits per heavy atom. The summed E-state index contributed by atoms with van der Waals surface area (Å²) < 4.78 is 5.85. The average molecular weight is 240 g/mol. The summed E-state index contributed by atoms with van der Waals surface area (Å²) in [6.45, 7) is 9.21. The maximum Gasteiger partial charge on any atom is 0.164 e. The third-order valence-corrected chi connectivity index (χ3v) is 3.69. The van der Waals surface area contributed by atoms with Gasteiger partial charge in [-0.25, -0.2) is 0 Å². The van der Waals surface area contributed by atoms with Crippen molar-refractivity contribution in [1.29, 1.82) is 0 Å². The van der Waals surface area contributed by atoms with Crippen molar-refractivity contribution in [2.45, 2.75) is 78.2 Å². The van der Waals surface area contributed by atoms with E-state index < -0.39 is 5.60 Å². The first-order chi connectivity index (χ1) is 7.90. The van der Waals surface area contributed by atoms with Gasteiger partial charge in [0.1, 0.15) is 5.60 Å². The van der Waals surface area contributed by atoms with E-state index in [1.165, 1.54) is 6.42 Å². The molecule has 1 rings (SSSR count). The van der Waals surface area contributed by atoms with Gasteiger partial charge in [-0.05, 0) is 31.6 Å². The summed E-state index contributed by atoms with van der Waals surface area (Å²) in [6.07, 6.45) is 7.03. The lowest BCUT2D eigenvalue weighted by Gasteiger charge is -2.36. The van der Waals surface area contributed by atoms with Crippen LogP contribution in [0.15, 0.2) is 0 Å². The van der Waals surface area contributed by atoms with Gasteiger partial charge in [-0.2, -0.15) is 0 Å². The number of hydrogen-bond donors (Lipinski definition) is 0. The first-order valence-electron chi connectivity index (χ1n) is 7.07. The Hall–Kier alpha value is -0.370. The van der Waals surface area contributed by atoms with E-state index in [9.17, 15) is 4.79 Å². The fourth-order valence-corrected chi connectivity index (χ4v) is 2.62. The third-order valence-electron chi connectivity index (χ3n) is 3.69. The smallest absolute Gasteiger partial charge is 0.164 e. The summed E-state index contributed by atoms with van der Waals surface area (Å²) in [5.74, 6) is 0.342. The number of carbonyl (C=O) groups is 1. The molecule has 0 N–H and O–H groups in total. The molecule has 17 heavy (non-hydrogen) atoms. The summed E-state index contributed by atoms with van der Waals surface area (Å²) in [7, 11) is 0. The summed E-state index contributed by atoms with van der Waals surface area (Å²) in [5.41, 5.74) is -0.198. The van der Waals surface area contributed by atoms with E-state index in [0.29, 0.717) is 18.8 Å². The van der Waals surface area contributed by atoms with Crippen molar-refractivity contribution in [3.63, 3.8) is 0 Å². The fraction of sp³-hybridized carbons (Fsp3) is 0.933. The molecule has 1 aliphatic rings. The second kappa shape index (κ2) is 5.99. The van der Waals surface area contributed by atoms with Gasteiger partial charge >= 0.3 is 0 Å². The van der Waals surface area contributed by atoms with Crippen molar-refractivity contribution in [2.75, 3.05) is 6.61 Å². The normalized spacial score (nSPS) is 20.2. The lowest BCUT2D eigenvalue weighted by molar-refractivity contribution is -0.149. The van der Waals surface area contributed by atoms with E-state index in [-0.39, 0.29) is 5.41 Å². The van der Waals surface area contributed by atoms with Gasteiger partial charge in [-0.15, -0.1) is 0 Å². The molecule has 0 bridgehead atoms. The van der Waals surface area contributed by atoms with Gasteiger partial charge in [-0.1, -0.05) is 40.0 Å². The van der Waals surface area contributed by atoms with Crippen LogP contribution in [0, 0.1) is 5.41 Å². The SMILES string of the molecule is CCOC1(C(=O)CCC(C)(C)C)CCCCC1. The molecule has 0 atom stereocenters. The van der Waals surface area contributed by atoms with E-state index in [2.05, 4.69) is 20.8 Å². The zero-order valence-electron chi connectivity index (χ0n) is 12.0. The Labute approximate surface area is 106 Å². The highest BCUT2D eigenvalue weighted by atomic mass is 16.5. The molecule has 1 aliphatic carbocycles. The summed E-state index contributed by atoms with van der Waals surface area (Å²) in [5, 5.41) is 0. The highest BCUT2D eigenvalue weighted by molar-refractivity contribution is 5.87. The number of ketones is 1. The standard InChI is InChI=1S/C15H28O2/c1-5-17-15(10-7-6-8-11-15)13(16)9-12-14(2,3)4/h5-12H2,1-4H3. The van der Waals surface area contributed by atoms with Gasteiger partial charge < -0.3 is 4.74 Å². The van der Waals surface area contributed by atoms with Crippen LogP contribution in [0.4, 0.5) is 0 Å². The summed E-state index contributed by atoms with van der Waals surface area (Å²) >= 11 is 0. The van der Waals surface area contributed by atoms with E-state index >= 15 is 0 Å². The van der Waals surface area contributed by atoms with Gasteiger partial charge in [-0.3, -0.25) is 4.79 Å². The van der Waals surface area contributed by atoms with Crippen molar-refractivity contribution in [3.8, 4) is 0 Å². The zero-order valence-corrected chi connectivity index (χ0v) is 12.0. The minimum atomic E-state index is -0.432. The molecule has 0 aliphatic heterocycles. The number of Topliss-reactive ketones (excluding diaryl/α,β-unsaturated/α-hetero) is 1. The Balaban J connectivity index is 2.60. The van der Waals surface area contributed by atoms with Crippen molar-refractivity contribution >= 4 is 5.78 Å². The molecule has 2 heteroatoms. The van der Waals surface area contributed by atoms with Gasteiger partial charge in [0.2, 0.25) is 0 Å². The quantitative estimate of drug-likeness (QED) is 0.722. The number of hydrogen-bond acceptors (Lipinski definition) is 2. The zero-order chi connectivity index (χ0) is 12.9. The maximum absolute atomic E-state index is 12.4. The first kappa shape index (κ1) is 14.7. The molecule has 0 heterocycles. The molecular formula is C15H28O2. The van der Waals surface area contributed by atoms with Gasteiger partial charge in [0.25, 0.3) is 0 Å². The molecule has 0 amide bonds. The van der Waals surface area contributed by atoms with Crippen LogP contribution in [0.1, 0.15) is 72.6 Å². The second-order valence-electron chi connectivity index (χ2n) is 6.47. The van der Waals surface area contributed by atoms with Gasteiger partial charge in [0.15, 0.2) is 5.78 Å². The Bertz CT molecular complexity index is 239. The van der Waals surface area contributed by atoms with Crippen LogP contribution < -0.4 is 0 Å². The van der Waals surface area contributed by atoms with Crippen LogP contribution in [0.2, 0.25) is 0 Å². The highest BCUT2D eigenvalue weighted by Gasteiger charge is 2.39. The first-order valence-corrected chi connectivity index (χ1v) is 7.07. The van der Waals surface area contributed by atoms with E-state index in [1.807, 2.05) is 6.92 Å². The molecule has 0 aromatic carbocycles. The van der Waals surface area contributed by atoms with Crippen LogP contribution in [0.3, 0.4) is 0 Å². The molecule has 0 aromatic heterocycles. The molecule has 100 valence electrons. The summed E-state index contributed by atoms with van der Waals surface area (Å²) in [6, 6.07) is 0. The van der Waals surface area contributed by atoms with Gasteiger partial charge in [0, 0.05) is 13.0 Å². The maximum atomic E-state index is 12.4. The van der Waals surface area contributed by atoms with E-state index in [4.69, 9.17) is 4.74 Å². The fourth-order valence-electron chi connectivity index (χ4n) is 2.62. The van der Waals surface area contributed by atoms with Gasteiger partial charge in [0.05, 0.1) is 0 Å². The van der Waals surface area contributed by atoms with Crippen LogP contribution >= 0.6 is 0 Å². The van der Waals surface area contributed by atoms with E-state index in [1.54, 1.807) is 0 Å². The third kappa shape index (κ3) is 4.42. The van der Waals surface area contributed by atoms with Crippen molar-refractivity contribution in [1.82, 2.24) is 0 Å². The topological polar surface area (TPSA) is 26.3 Å². The molecule has 0 spiro atoms. The summed E-state index contributed by atoms with van der Waals surface area (Å²) in [4.78, 5) is 12.4. The van der Waals surface area contributed by atoms with Crippen LogP contribution in [0.25, 0.3) is 0 Å². The van der Waals surface area contributed by atoms with E-state index in [0.717, 1.165) is 32.1 Å². The lowest BCUT2D eigenvalue weighted by Crippen LogP contribution is -2.43. The molecule has 2 nitrogen and oxygen atoms in total. The van der Waals surface area contributed by atoms with Crippen molar-refractivity contribution in [2.24, 2.45) is 5.41 Å². The van der Waals surface area contributed by atoms with Crippen LogP contribution in [-0.4, -0.2) is 18.0 Å². The molecule has 1 saturated carbocycles. The second-order valence-corrected chi connectivity index (χ2v) is 6.47. The number of ether oxygens (including phenoxy) is 1. The Kier molecular flexibility index (Phi) is 5.18. The van der Waals surface area contributed by atoms with Crippen molar-refractivity contribution < 1.29 is 9.53 Å². The predicted octanol–water partition coefficient (Wildman–Crippen LogP) is 4.12. The number of carbonyl (C=O) groups excluding carboxylic acids is 1. The minimum absolute atomic E-state index is 0.234. The molecule has 1 fully saturated rings. The Morgan fingerprint density at radius 3 is 2.24 bits per heavy atom. The molecule has 0 saturated heterocycles. The molecule has 0 aromatic rings. The van der Waals surface area contributed by atoms with Crippen molar-refractivity contribution in [3.05, 3.63) is 0 Å².